The van der Waals surface area contributed by atoms with Gasteiger partial charge >= 0.3 is 5.97 Å². The molecule has 1 aromatic heterocycles. The number of ether oxygens (including phenoxy) is 3. The van der Waals surface area contributed by atoms with E-state index in [2.05, 4.69) is 5.32 Å². The van der Waals surface area contributed by atoms with Crippen molar-refractivity contribution in [3.8, 4) is 28.4 Å². The van der Waals surface area contributed by atoms with E-state index in [9.17, 15) is 14.7 Å². The first kappa shape index (κ1) is 22.7. The molecule has 172 valence electrons. The van der Waals surface area contributed by atoms with Crippen molar-refractivity contribution in [2.24, 2.45) is 0 Å². The number of carbonyl (C=O) groups excluding carboxylic acids is 1. The highest BCUT2D eigenvalue weighted by Crippen LogP contribution is 2.50. The second kappa shape index (κ2) is 9.15. The molecule has 0 saturated heterocycles. The monoisotopic (exact) mass is 467 g/mol. The lowest BCUT2D eigenvalue weighted by atomic mass is 9.88. The smallest absolute Gasteiger partial charge is 0.346 e. The number of fused-ring (bicyclic) bond motifs is 1. The van der Waals surface area contributed by atoms with Crippen LogP contribution in [0.1, 0.15) is 46.3 Å². The van der Waals surface area contributed by atoms with Crippen LogP contribution in [0.25, 0.3) is 11.1 Å². The van der Waals surface area contributed by atoms with E-state index in [4.69, 9.17) is 14.2 Å². The molecule has 2 N–H and O–H groups in total. The average molecular weight is 468 g/mol. The lowest BCUT2D eigenvalue weighted by Crippen LogP contribution is -2.22. The summed E-state index contributed by atoms with van der Waals surface area (Å²) in [6.07, 6.45) is 0.156. The molecule has 33 heavy (non-hydrogen) atoms. The molecule has 0 unspecified atom stereocenters. The van der Waals surface area contributed by atoms with Gasteiger partial charge in [-0.25, -0.2) is 4.79 Å². The van der Waals surface area contributed by atoms with Crippen LogP contribution in [0.4, 0.5) is 5.69 Å². The number of rotatable bonds is 7. The van der Waals surface area contributed by atoms with Crippen LogP contribution < -0.4 is 19.5 Å². The summed E-state index contributed by atoms with van der Waals surface area (Å²) < 4.78 is 16.6. The van der Waals surface area contributed by atoms with Gasteiger partial charge in [-0.15, -0.1) is 11.3 Å². The number of carboxylic acids is 1. The molecular formula is C25H25NO6S. The molecule has 1 aliphatic heterocycles. The lowest BCUT2D eigenvalue weighted by molar-refractivity contribution is -0.116. The van der Waals surface area contributed by atoms with E-state index in [0.717, 1.165) is 10.4 Å². The molecule has 3 aromatic rings. The molecule has 2 aromatic carbocycles. The van der Waals surface area contributed by atoms with Gasteiger partial charge in [-0.1, -0.05) is 18.2 Å². The number of anilines is 1. The average Bonchev–Trinajstić information content (AvgIpc) is 3.17. The highest BCUT2D eigenvalue weighted by molar-refractivity contribution is 7.15. The number of benzene rings is 2. The van der Waals surface area contributed by atoms with Crippen LogP contribution in [0.3, 0.4) is 0 Å². The number of thiophene rings is 1. The summed E-state index contributed by atoms with van der Waals surface area (Å²) in [5.74, 6) is 0.347. The summed E-state index contributed by atoms with van der Waals surface area (Å²) in [5.41, 5.74) is 2.62. The van der Waals surface area contributed by atoms with Crippen molar-refractivity contribution >= 4 is 28.9 Å². The number of hydrogen-bond donors (Lipinski definition) is 2. The van der Waals surface area contributed by atoms with Crippen LogP contribution in [0.2, 0.25) is 0 Å². The van der Waals surface area contributed by atoms with Gasteiger partial charge < -0.3 is 24.6 Å². The molecule has 0 aliphatic carbocycles. The third-order valence-electron chi connectivity index (χ3n) is 5.43. The first-order valence-electron chi connectivity index (χ1n) is 10.5. The Hall–Kier alpha value is -3.52. The van der Waals surface area contributed by atoms with Gasteiger partial charge in [0.2, 0.25) is 5.91 Å². The van der Waals surface area contributed by atoms with Gasteiger partial charge in [0.1, 0.15) is 10.6 Å². The molecule has 2 heterocycles. The number of aromatic carboxylic acids is 1. The Bertz CT molecular complexity index is 1200. The highest BCUT2D eigenvalue weighted by atomic mass is 32.1. The van der Waals surface area contributed by atoms with Crippen LogP contribution >= 0.6 is 11.3 Å². The molecule has 0 spiro atoms. The number of hydrogen-bond acceptors (Lipinski definition) is 6. The van der Waals surface area contributed by atoms with Crippen LogP contribution in [0, 0.1) is 0 Å². The normalized spacial score (nSPS) is 15.1. The van der Waals surface area contributed by atoms with Crippen molar-refractivity contribution in [1.29, 1.82) is 0 Å². The van der Waals surface area contributed by atoms with E-state index < -0.39 is 5.97 Å². The molecule has 0 radical (unpaired) electrons. The van der Waals surface area contributed by atoms with Crippen molar-refractivity contribution in [3.63, 3.8) is 0 Å². The Kier molecular flexibility index (Phi) is 6.29. The Morgan fingerprint density at radius 1 is 1.09 bits per heavy atom. The van der Waals surface area contributed by atoms with Crippen molar-refractivity contribution in [1.82, 2.24) is 0 Å². The van der Waals surface area contributed by atoms with E-state index in [1.807, 2.05) is 32.0 Å². The van der Waals surface area contributed by atoms with E-state index in [1.165, 1.54) is 11.3 Å². The Balaban J connectivity index is 1.86. The Labute approximate surface area is 195 Å². The summed E-state index contributed by atoms with van der Waals surface area (Å²) >= 11 is 1.19. The zero-order valence-electron chi connectivity index (χ0n) is 18.8. The summed E-state index contributed by atoms with van der Waals surface area (Å²) in [5, 5.41) is 12.9. The first-order chi connectivity index (χ1) is 15.8. The van der Waals surface area contributed by atoms with Gasteiger partial charge in [0.15, 0.2) is 11.5 Å². The molecule has 8 heteroatoms. The summed E-state index contributed by atoms with van der Waals surface area (Å²) in [7, 11) is 3.15. The van der Waals surface area contributed by atoms with Crippen LogP contribution in [0.15, 0.2) is 42.5 Å². The standard InChI is InChI=1S/C25H25NO6S/c1-13(2)32-19-11-15(7-10-18(19)31-4)17-12-20(27)26-22-21(24(25(28)29)33-23(17)22)14-5-8-16(30-3)9-6-14/h5-11,13,17H,12H2,1-4H3,(H,26,27)(H,28,29)/t17-/m0/s1. The Morgan fingerprint density at radius 2 is 1.82 bits per heavy atom. The first-order valence-corrected chi connectivity index (χ1v) is 11.3. The highest BCUT2D eigenvalue weighted by Gasteiger charge is 2.35. The van der Waals surface area contributed by atoms with E-state index in [-0.39, 0.29) is 29.2 Å². The minimum Gasteiger partial charge on any atom is -0.497 e. The number of carbonyl (C=O) groups is 2. The van der Waals surface area contributed by atoms with Gasteiger partial charge in [0.25, 0.3) is 0 Å². The van der Waals surface area contributed by atoms with Crippen LogP contribution in [-0.2, 0) is 4.79 Å². The van der Waals surface area contributed by atoms with Gasteiger partial charge in [0, 0.05) is 22.8 Å². The third-order valence-corrected chi connectivity index (χ3v) is 6.72. The molecule has 1 aliphatic rings. The Morgan fingerprint density at radius 3 is 2.42 bits per heavy atom. The van der Waals surface area contributed by atoms with Crippen molar-refractivity contribution in [3.05, 3.63) is 57.8 Å². The minimum absolute atomic E-state index is 0.0543. The van der Waals surface area contributed by atoms with E-state index in [0.29, 0.717) is 34.1 Å². The topological polar surface area (TPSA) is 94.1 Å². The van der Waals surface area contributed by atoms with E-state index >= 15 is 0 Å². The van der Waals surface area contributed by atoms with Gasteiger partial charge in [-0.05, 0) is 49.2 Å². The zero-order valence-corrected chi connectivity index (χ0v) is 19.6. The van der Waals surface area contributed by atoms with Crippen molar-refractivity contribution < 1.29 is 28.9 Å². The van der Waals surface area contributed by atoms with E-state index in [1.54, 1.807) is 38.5 Å². The molecule has 0 fully saturated rings. The van der Waals surface area contributed by atoms with Crippen LogP contribution in [-0.4, -0.2) is 37.3 Å². The maximum absolute atomic E-state index is 12.7. The maximum Gasteiger partial charge on any atom is 0.346 e. The molecule has 0 bridgehead atoms. The number of amides is 1. The number of carboxylic acid groups (broad SMARTS) is 1. The van der Waals surface area contributed by atoms with Gasteiger partial charge in [0.05, 0.1) is 26.0 Å². The molecular weight excluding hydrogens is 442 g/mol. The molecule has 7 nitrogen and oxygen atoms in total. The summed E-state index contributed by atoms with van der Waals surface area (Å²) in [4.78, 5) is 25.9. The molecule has 1 atom stereocenters. The number of methoxy groups -OCH3 is 2. The minimum atomic E-state index is -1.04. The third kappa shape index (κ3) is 4.39. The fraction of sp³-hybridized carbons (Fsp3) is 0.280. The van der Waals surface area contributed by atoms with Gasteiger partial charge in [-0.3, -0.25) is 4.79 Å². The SMILES string of the molecule is COc1ccc(-c2c(C(=O)O)sc3c2NC(=O)C[C@H]3c2ccc(OC)c(OC(C)C)c2)cc1. The fourth-order valence-corrected chi connectivity index (χ4v) is 5.24. The van der Waals surface area contributed by atoms with Crippen molar-refractivity contribution in [2.75, 3.05) is 19.5 Å². The zero-order chi connectivity index (χ0) is 23.7. The molecule has 1 amide bonds. The molecule has 0 saturated carbocycles. The lowest BCUT2D eigenvalue weighted by Gasteiger charge is -2.25. The second-order valence-corrected chi connectivity index (χ2v) is 9.01. The predicted molar refractivity (Wildman–Crippen MR) is 127 cm³/mol. The second-order valence-electron chi connectivity index (χ2n) is 7.96. The van der Waals surface area contributed by atoms with Crippen LogP contribution in [0.5, 0.6) is 17.2 Å². The fourth-order valence-electron chi connectivity index (χ4n) is 4.00. The maximum atomic E-state index is 12.7. The predicted octanol–water partition coefficient (Wildman–Crippen LogP) is 5.39. The quantitative estimate of drug-likeness (QED) is 0.484. The van der Waals surface area contributed by atoms with Crippen molar-refractivity contribution in [2.45, 2.75) is 32.3 Å². The molecule has 4 rings (SSSR count). The number of nitrogens with one attached hydrogen (secondary N) is 1. The van der Waals surface area contributed by atoms with Gasteiger partial charge in [-0.2, -0.15) is 0 Å². The summed E-state index contributed by atoms with van der Waals surface area (Å²) in [6, 6.07) is 12.7. The largest absolute Gasteiger partial charge is 0.497 e. The summed E-state index contributed by atoms with van der Waals surface area (Å²) in [6.45, 7) is 3.86.